The number of allylic oxidation sites excluding steroid dienone is 1. The molecule has 6 aliphatic carbocycles. The number of rotatable bonds is 1. The lowest BCUT2D eigenvalue weighted by Crippen LogP contribution is -2.57. The summed E-state index contributed by atoms with van der Waals surface area (Å²) in [6.07, 6.45) is 9.08. The Morgan fingerprint density at radius 1 is 1.17 bits per heavy atom. The van der Waals surface area contributed by atoms with Crippen LogP contribution in [-0.2, 0) is 14.3 Å². The van der Waals surface area contributed by atoms with Crippen molar-refractivity contribution in [3.63, 3.8) is 0 Å². The van der Waals surface area contributed by atoms with Gasteiger partial charge < -0.3 is 9.84 Å². The average molecular weight is 409 g/mol. The molecule has 0 aromatic heterocycles. The zero-order valence-corrected chi connectivity index (χ0v) is 18.0. The van der Waals surface area contributed by atoms with Crippen LogP contribution in [-0.4, -0.2) is 22.5 Å². The smallest absolute Gasteiger partial charge is 0.317 e. The van der Waals surface area contributed by atoms with Crippen molar-refractivity contribution in [3.05, 3.63) is 24.0 Å². The van der Waals surface area contributed by atoms with Crippen LogP contribution in [0, 0.1) is 58.2 Å². The number of hydrogen-bond acceptors (Lipinski definition) is 4. The SMILES string of the molecule is C=C(O)C1C[C@]2(OC1=O)C1CC1C1C3C4CC4C4=CC(=O)CCC4(C)C3CC[C@@]12C. The highest BCUT2D eigenvalue weighted by molar-refractivity contribution is 5.92. The van der Waals surface area contributed by atoms with E-state index >= 15 is 0 Å². The minimum atomic E-state index is -0.545. The van der Waals surface area contributed by atoms with Crippen molar-refractivity contribution in [1.29, 1.82) is 0 Å². The van der Waals surface area contributed by atoms with Crippen molar-refractivity contribution in [2.24, 2.45) is 58.2 Å². The number of carbonyl (C=O) groups excluding carboxylic acids is 2. The summed E-state index contributed by atoms with van der Waals surface area (Å²) < 4.78 is 6.27. The molecule has 0 aromatic carbocycles. The Kier molecular flexibility index (Phi) is 3.05. The van der Waals surface area contributed by atoms with E-state index < -0.39 is 11.5 Å². The van der Waals surface area contributed by atoms with Gasteiger partial charge in [0.05, 0.1) is 5.76 Å². The molecule has 0 aromatic rings. The minimum Gasteiger partial charge on any atom is -0.512 e. The first-order valence-corrected chi connectivity index (χ1v) is 12.1. The molecule has 1 aliphatic heterocycles. The van der Waals surface area contributed by atoms with Crippen LogP contribution in [0.3, 0.4) is 0 Å². The first kappa shape index (κ1) is 18.0. The summed E-state index contributed by atoms with van der Waals surface area (Å²) in [5, 5.41) is 10.0. The fourth-order valence-corrected chi connectivity index (χ4v) is 10.00. The number of carbonyl (C=O) groups is 2. The zero-order chi connectivity index (χ0) is 20.8. The van der Waals surface area contributed by atoms with E-state index in [2.05, 4.69) is 20.4 Å². The van der Waals surface area contributed by atoms with Gasteiger partial charge in [0.2, 0.25) is 0 Å². The van der Waals surface area contributed by atoms with Crippen LogP contribution < -0.4 is 0 Å². The van der Waals surface area contributed by atoms with Crippen LogP contribution in [0.15, 0.2) is 24.0 Å². The van der Waals surface area contributed by atoms with E-state index in [4.69, 9.17) is 4.74 Å². The first-order chi connectivity index (χ1) is 14.2. The van der Waals surface area contributed by atoms with Gasteiger partial charge in [-0.2, -0.15) is 0 Å². The molecule has 5 saturated carbocycles. The molecule has 0 radical (unpaired) electrons. The number of aliphatic hydroxyl groups is 1. The second-order valence-corrected chi connectivity index (χ2v) is 12.2. The Hall–Kier alpha value is -1.58. The highest BCUT2D eigenvalue weighted by atomic mass is 16.6. The molecule has 1 saturated heterocycles. The molecule has 1 N–H and O–H groups in total. The molecular formula is C26H32O4. The number of ketones is 1. The van der Waals surface area contributed by atoms with Crippen molar-refractivity contribution in [2.75, 3.05) is 0 Å². The lowest BCUT2D eigenvalue weighted by atomic mass is 9.45. The monoisotopic (exact) mass is 408 g/mol. The highest BCUT2D eigenvalue weighted by Gasteiger charge is 2.81. The normalized spacial score (nSPS) is 59.3. The molecule has 9 unspecified atom stereocenters. The molecule has 11 atom stereocenters. The Labute approximate surface area is 178 Å². The van der Waals surface area contributed by atoms with Crippen LogP contribution in [0.1, 0.15) is 58.8 Å². The van der Waals surface area contributed by atoms with Crippen LogP contribution in [0.5, 0.6) is 0 Å². The number of fused-ring (bicyclic) bond motifs is 12. The molecule has 1 spiro atoms. The third kappa shape index (κ3) is 1.80. The standard InChI is InChI=1S/C26H32O4/c1-12(27)17-11-26(30-23(17)29)20-10-16(20)22-21-15-9-14(15)19-8-13(28)4-6-24(19,2)18(21)5-7-25(22,26)3/h8,14-18,20-22,27H,1,4-7,9-11H2,2-3H3/t14?,15?,16?,17?,18?,20?,21?,22?,24?,25-,26-/m0/s1. The van der Waals surface area contributed by atoms with E-state index in [9.17, 15) is 14.7 Å². The van der Waals surface area contributed by atoms with E-state index in [1.165, 1.54) is 24.8 Å². The highest BCUT2D eigenvalue weighted by Crippen LogP contribution is 2.82. The van der Waals surface area contributed by atoms with Crippen molar-refractivity contribution in [1.82, 2.24) is 0 Å². The summed E-state index contributed by atoms with van der Waals surface area (Å²) in [5.74, 6) is 3.97. The molecule has 4 heteroatoms. The van der Waals surface area contributed by atoms with Gasteiger partial charge in [-0.25, -0.2) is 0 Å². The summed E-state index contributed by atoms with van der Waals surface area (Å²) >= 11 is 0. The maximum Gasteiger partial charge on any atom is 0.317 e. The fraction of sp³-hybridized carbons (Fsp3) is 0.769. The van der Waals surface area contributed by atoms with E-state index in [1.54, 1.807) is 0 Å². The second kappa shape index (κ2) is 5.07. The topological polar surface area (TPSA) is 63.6 Å². The lowest BCUT2D eigenvalue weighted by molar-refractivity contribution is -0.177. The van der Waals surface area contributed by atoms with Gasteiger partial charge in [0, 0.05) is 24.2 Å². The summed E-state index contributed by atoms with van der Waals surface area (Å²) in [7, 11) is 0. The van der Waals surface area contributed by atoms with Gasteiger partial charge in [-0.3, -0.25) is 9.59 Å². The third-order valence-corrected chi connectivity index (χ3v) is 11.4. The third-order valence-electron chi connectivity index (χ3n) is 11.4. The van der Waals surface area contributed by atoms with Gasteiger partial charge in [0.15, 0.2) is 5.78 Å². The molecule has 7 rings (SSSR count). The van der Waals surface area contributed by atoms with Gasteiger partial charge in [0.1, 0.15) is 11.5 Å². The molecule has 7 aliphatic rings. The summed E-state index contributed by atoms with van der Waals surface area (Å²) in [6, 6.07) is 0. The molecule has 30 heavy (non-hydrogen) atoms. The van der Waals surface area contributed by atoms with E-state index in [-0.39, 0.29) is 22.6 Å². The Morgan fingerprint density at radius 3 is 2.70 bits per heavy atom. The Balaban J connectivity index is 1.30. The maximum atomic E-state index is 12.7. The number of aliphatic hydroxyl groups excluding tert-OH is 1. The average Bonchev–Trinajstić information content (AvgIpc) is 3.59. The molecule has 1 heterocycles. The van der Waals surface area contributed by atoms with Crippen LogP contribution in [0.2, 0.25) is 0 Å². The first-order valence-electron chi connectivity index (χ1n) is 12.1. The van der Waals surface area contributed by atoms with E-state index in [0.717, 1.165) is 18.8 Å². The van der Waals surface area contributed by atoms with Crippen molar-refractivity contribution < 1.29 is 19.4 Å². The largest absolute Gasteiger partial charge is 0.512 e. The van der Waals surface area contributed by atoms with Crippen molar-refractivity contribution in [3.8, 4) is 0 Å². The number of esters is 1. The Bertz CT molecular complexity index is 949. The van der Waals surface area contributed by atoms with Gasteiger partial charge in [-0.05, 0) is 79.1 Å². The lowest BCUT2D eigenvalue weighted by Gasteiger charge is -2.60. The molecule has 0 bridgehead atoms. The van der Waals surface area contributed by atoms with Gasteiger partial charge in [-0.15, -0.1) is 0 Å². The quantitative estimate of drug-likeness (QED) is 0.509. The number of ether oxygens (including phenoxy) is 1. The minimum absolute atomic E-state index is 0.0107. The van der Waals surface area contributed by atoms with Gasteiger partial charge >= 0.3 is 5.97 Å². The van der Waals surface area contributed by atoms with Crippen molar-refractivity contribution in [2.45, 2.75) is 64.4 Å². The Morgan fingerprint density at radius 2 is 1.97 bits per heavy atom. The molecule has 160 valence electrons. The fourth-order valence-electron chi connectivity index (χ4n) is 10.00. The van der Waals surface area contributed by atoms with Gasteiger partial charge in [0.25, 0.3) is 0 Å². The summed E-state index contributed by atoms with van der Waals surface area (Å²) in [6.45, 7) is 8.54. The predicted octanol–water partition coefficient (Wildman–Crippen LogP) is 4.60. The predicted molar refractivity (Wildman–Crippen MR) is 110 cm³/mol. The molecule has 6 fully saturated rings. The summed E-state index contributed by atoms with van der Waals surface area (Å²) in [4.78, 5) is 24.9. The maximum absolute atomic E-state index is 12.7. The van der Waals surface area contributed by atoms with Gasteiger partial charge in [-0.1, -0.05) is 26.0 Å². The zero-order valence-electron chi connectivity index (χ0n) is 18.0. The summed E-state index contributed by atoms with van der Waals surface area (Å²) in [5.41, 5.74) is 1.28. The molecule has 0 amide bonds. The van der Waals surface area contributed by atoms with E-state index in [0.29, 0.717) is 54.1 Å². The second-order valence-electron chi connectivity index (χ2n) is 12.2. The molecular weight excluding hydrogens is 376 g/mol. The van der Waals surface area contributed by atoms with Crippen molar-refractivity contribution >= 4 is 11.8 Å². The van der Waals surface area contributed by atoms with E-state index in [1.807, 2.05) is 6.08 Å². The van der Waals surface area contributed by atoms with Crippen LogP contribution in [0.25, 0.3) is 0 Å². The van der Waals surface area contributed by atoms with Crippen LogP contribution >= 0.6 is 0 Å². The number of hydrogen-bond donors (Lipinski definition) is 1. The molecule has 4 nitrogen and oxygen atoms in total. The van der Waals surface area contributed by atoms with Crippen LogP contribution in [0.4, 0.5) is 0 Å².